The molecule has 0 saturated carbocycles. The second-order valence-corrected chi connectivity index (χ2v) is 5.18. The molecule has 0 radical (unpaired) electrons. The van der Waals surface area contributed by atoms with E-state index in [2.05, 4.69) is 10.2 Å². The zero-order chi connectivity index (χ0) is 13.9. The van der Waals surface area contributed by atoms with Crippen LogP contribution in [-0.4, -0.2) is 40.1 Å². The third kappa shape index (κ3) is 2.44. The quantitative estimate of drug-likeness (QED) is 0.871. The van der Waals surface area contributed by atoms with Crippen molar-refractivity contribution < 1.29 is 4.79 Å². The van der Waals surface area contributed by atoms with Gasteiger partial charge in [-0.1, -0.05) is 30.3 Å². The molecule has 3 rings (SSSR count). The van der Waals surface area contributed by atoms with Gasteiger partial charge in [0, 0.05) is 24.7 Å². The van der Waals surface area contributed by atoms with Crippen LogP contribution in [0.2, 0.25) is 0 Å². The van der Waals surface area contributed by atoms with Gasteiger partial charge in [0.1, 0.15) is 0 Å². The van der Waals surface area contributed by atoms with Crippen molar-refractivity contribution in [3.63, 3.8) is 0 Å². The zero-order valence-electron chi connectivity index (χ0n) is 11.2. The number of hydrogen-bond acceptors (Lipinski definition) is 3. The SMILES string of the molecule is NC1CCCN(C(=O)c2cn[nH]c2-c2ccccc2)C1. The van der Waals surface area contributed by atoms with Gasteiger partial charge in [0.15, 0.2) is 0 Å². The summed E-state index contributed by atoms with van der Waals surface area (Å²) in [6, 6.07) is 9.85. The maximum Gasteiger partial charge on any atom is 0.257 e. The van der Waals surface area contributed by atoms with Gasteiger partial charge in [-0.05, 0) is 12.8 Å². The van der Waals surface area contributed by atoms with Crippen LogP contribution in [0, 0.1) is 0 Å². The molecule has 1 unspecified atom stereocenters. The molecule has 0 aliphatic carbocycles. The number of amides is 1. The molecule has 1 aliphatic rings. The summed E-state index contributed by atoms with van der Waals surface area (Å²) in [7, 11) is 0. The Labute approximate surface area is 117 Å². The molecule has 1 saturated heterocycles. The van der Waals surface area contributed by atoms with Crippen molar-refractivity contribution in [3.8, 4) is 11.3 Å². The Morgan fingerprint density at radius 1 is 1.35 bits per heavy atom. The minimum absolute atomic E-state index is 0.00718. The minimum Gasteiger partial charge on any atom is -0.337 e. The molecule has 5 heteroatoms. The number of aromatic nitrogens is 2. The van der Waals surface area contributed by atoms with Crippen LogP contribution in [0.1, 0.15) is 23.2 Å². The number of aromatic amines is 1. The van der Waals surface area contributed by atoms with Crippen LogP contribution in [0.25, 0.3) is 11.3 Å². The van der Waals surface area contributed by atoms with E-state index in [9.17, 15) is 4.79 Å². The molecule has 3 N–H and O–H groups in total. The zero-order valence-corrected chi connectivity index (χ0v) is 11.2. The van der Waals surface area contributed by atoms with Gasteiger partial charge in [0.25, 0.3) is 5.91 Å². The molecule has 2 aromatic rings. The summed E-state index contributed by atoms with van der Waals surface area (Å²) < 4.78 is 0. The number of carbonyl (C=O) groups excluding carboxylic acids is 1. The first kappa shape index (κ1) is 12.9. The number of likely N-dealkylation sites (tertiary alicyclic amines) is 1. The summed E-state index contributed by atoms with van der Waals surface area (Å²) in [4.78, 5) is 14.4. The van der Waals surface area contributed by atoms with Crippen molar-refractivity contribution in [3.05, 3.63) is 42.1 Å². The van der Waals surface area contributed by atoms with Gasteiger partial charge in [-0.25, -0.2) is 0 Å². The monoisotopic (exact) mass is 270 g/mol. The topological polar surface area (TPSA) is 75.0 Å². The summed E-state index contributed by atoms with van der Waals surface area (Å²) in [5.41, 5.74) is 8.30. The van der Waals surface area contributed by atoms with E-state index in [-0.39, 0.29) is 11.9 Å². The third-order valence-electron chi connectivity index (χ3n) is 3.68. The lowest BCUT2D eigenvalue weighted by Crippen LogP contribution is -2.45. The van der Waals surface area contributed by atoms with Gasteiger partial charge >= 0.3 is 0 Å². The molecular weight excluding hydrogens is 252 g/mol. The second kappa shape index (κ2) is 5.46. The van der Waals surface area contributed by atoms with E-state index in [1.165, 1.54) is 0 Å². The van der Waals surface area contributed by atoms with Crippen molar-refractivity contribution in [2.45, 2.75) is 18.9 Å². The normalized spacial score (nSPS) is 19.1. The predicted octanol–water partition coefficient (Wildman–Crippen LogP) is 1.64. The average Bonchev–Trinajstić information content (AvgIpc) is 2.97. The fraction of sp³-hybridized carbons (Fsp3) is 0.333. The summed E-state index contributed by atoms with van der Waals surface area (Å²) in [6.45, 7) is 1.39. The molecule has 1 amide bonds. The predicted molar refractivity (Wildman–Crippen MR) is 77.1 cm³/mol. The van der Waals surface area contributed by atoms with Crippen molar-refractivity contribution in [1.82, 2.24) is 15.1 Å². The van der Waals surface area contributed by atoms with Gasteiger partial charge in [-0.2, -0.15) is 5.10 Å². The molecule has 1 aliphatic heterocycles. The van der Waals surface area contributed by atoms with E-state index in [0.29, 0.717) is 12.1 Å². The highest BCUT2D eigenvalue weighted by Gasteiger charge is 2.25. The molecular formula is C15H18N4O. The molecule has 2 heterocycles. The number of hydrogen-bond donors (Lipinski definition) is 2. The maximum atomic E-state index is 12.6. The fourth-order valence-electron chi connectivity index (χ4n) is 2.64. The Morgan fingerprint density at radius 2 is 2.15 bits per heavy atom. The van der Waals surface area contributed by atoms with Crippen molar-refractivity contribution in [2.24, 2.45) is 5.73 Å². The van der Waals surface area contributed by atoms with Crippen LogP contribution in [0.4, 0.5) is 0 Å². The summed E-state index contributed by atoms with van der Waals surface area (Å²) in [5, 5.41) is 6.95. The first-order chi connectivity index (χ1) is 9.75. The summed E-state index contributed by atoms with van der Waals surface area (Å²) in [5.74, 6) is 0.00718. The standard InChI is InChI=1S/C15H18N4O/c16-12-7-4-8-19(10-12)15(20)13-9-17-18-14(13)11-5-2-1-3-6-11/h1-3,5-6,9,12H,4,7-8,10,16H2,(H,17,18). The molecule has 1 atom stereocenters. The van der Waals surface area contributed by atoms with E-state index in [1.54, 1.807) is 6.20 Å². The van der Waals surface area contributed by atoms with Crippen LogP contribution in [-0.2, 0) is 0 Å². The van der Waals surface area contributed by atoms with Crippen LogP contribution >= 0.6 is 0 Å². The Balaban J connectivity index is 1.88. The Kier molecular flexibility index (Phi) is 3.52. The lowest BCUT2D eigenvalue weighted by molar-refractivity contribution is 0.0709. The minimum atomic E-state index is 0.00718. The number of H-pyrrole nitrogens is 1. The third-order valence-corrected chi connectivity index (χ3v) is 3.68. The number of benzene rings is 1. The van der Waals surface area contributed by atoms with Gasteiger partial charge in [0.05, 0.1) is 17.5 Å². The molecule has 0 bridgehead atoms. The molecule has 0 spiro atoms. The van der Waals surface area contributed by atoms with Gasteiger partial charge in [-0.15, -0.1) is 0 Å². The lowest BCUT2D eigenvalue weighted by atomic mass is 10.0. The highest BCUT2D eigenvalue weighted by Crippen LogP contribution is 2.23. The van der Waals surface area contributed by atoms with E-state index in [4.69, 9.17) is 5.73 Å². The number of piperidine rings is 1. The molecule has 20 heavy (non-hydrogen) atoms. The molecule has 5 nitrogen and oxygen atoms in total. The Hall–Kier alpha value is -2.14. The number of carbonyl (C=O) groups is 1. The summed E-state index contributed by atoms with van der Waals surface area (Å²) >= 11 is 0. The summed E-state index contributed by atoms with van der Waals surface area (Å²) in [6.07, 6.45) is 3.55. The first-order valence-electron chi connectivity index (χ1n) is 6.89. The molecule has 1 fully saturated rings. The van der Waals surface area contributed by atoms with Crippen LogP contribution < -0.4 is 5.73 Å². The van der Waals surface area contributed by atoms with Crippen LogP contribution in [0.3, 0.4) is 0 Å². The number of nitrogens with zero attached hydrogens (tertiary/aromatic N) is 2. The smallest absolute Gasteiger partial charge is 0.257 e. The highest BCUT2D eigenvalue weighted by molar-refractivity contribution is 5.99. The van der Waals surface area contributed by atoms with Gasteiger partial charge in [0.2, 0.25) is 0 Å². The Morgan fingerprint density at radius 3 is 2.90 bits per heavy atom. The van der Waals surface area contributed by atoms with E-state index >= 15 is 0 Å². The second-order valence-electron chi connectivity index (χ2n) is 5.18. The van der Waals surface area contributed by atoms with E-state index in [0.717, 1.165) is 30.6 Å². The lowest BCUT2D eigenvalue weighted by Gasteiger charge is -2.30. The fourth-order valence-corrected chi connectivity index (χ4v) is 2.64. The van der Waals surface area contributed by atoms with Crippen LogP contribution in [0.5, 0.6) is 0 Å². The van der Waals surface area contributed by atoms with Crippen LogP contribution in [0.15, 0.2) is 36.5 Å². The number of nitrogens with one attached hydrogen (secondary N) is 1. The average molecular weight is 270 g/mol. The first-order valence-corrected chi connectivity index (χ1v) is 6.89. The van der Waals surface area contributed by atoms with Gasteiger partial charge in [-0.3, -0.25) is 9.89 Å². The largest absolute Gasteiger partial charge is 0.337 e. The molecule has 1 aromatic carbocycles. The van der Waals surface area contributed by atoms with E-state index < -0.39 is 0 Å². The van der Waals surface area contributed by atoms with Crippen molar-refractivity contribution in [1.29, 1.82) is 0 Å². The molecule has 104 valence electrons. The maximum absolute atomic E-state index is 12.6. The highest BCUT2D eigenvalue weighted by atomic mass is 16.2. The van der Waals surface area contributed by atoms with Crippen molar-refractivity contribution >= 4 is 5.91 Å². The van der Waals surface area contributed by atoms with Crippen molar-refractivity contribution in [2.75, 3.05) is 13.1 Å². The number of nitrogens with two attached hydrogens (primary N) is 1. The molecule has 1 aromatic heterocycles. The Bertz CT molecular complexity index is 593. The van der Waals surface area contributed by atoms with E-state index in [1.807, 2.05) is 35.2 Å². The van der Waals surface area contributed by atoms with Gasteiger partial charge < -0.3 is 10.6 Å². The number of rotatable bonds is 2.